The Labute approximate surface area is 131 Å². The number of rotatable bonds is 4. The highest BCUT2D eigenvalue weighted by Crippen LogP contribution is 2.28. The van der Waals surface area contributed by atoms with Crippen LogP contribution in [0.15, 0.2) is 22.7 Å². The Kier molecular flexibility index (Phi) is 5.47. The fraction of sp³-hybridized carbons (Fsp3) is 0.625. The third-order valence-electron chi connectivity index (χ3n) is 3.84. The maximum absolute atomic E-state index is 5.96. The zero-order valence-corrected chi connectivity index (χ0v) is 14.4. The Morgan fingerprint density at radius 3 is 2.30 bits per heavy atom. The summed E-state index contributed by atoms with van der Waals surface area (Å²) in [6.07, 6.45) is 0. The summed E-state index contributed by atoms with van der Waals surface area (Å²) in [5.41, 5.74) is 8.43. The maximum atomic E-state index is 5.96. The highest BCUT2D eigenvalue weighted by Gasteiger charge is 2.18. The molecule has 0 bridgehead atoms. The predicted octanol–water partition coefficient (Wildman–Crippen LogP) is 3.25. The largest absolute Gasteiger partial charge is 0.369 e. The van der Waals surface area contributed by atoms with Crippen LogP contribution in [0.1, 0.15) is 32.4 Å². The second-order valence-corrected chi connectivity index (χ2v) is 7.03. The number of piperazine rings is 1. The van der Waals surface area contributed by atoms with Crippen LogP contribution in [0.4, 0.5) is 5.69 Å². The van der Waals surface area contributed by atoms with E-state index in [1.807, 2.05) is 6.92 Å². The molecule has 0 spiro atoms. The molecule has 2 N–H and O–H groups in total. The molecule has 0 amide bonds. The first-order valence-corrected chi connectivity index (χ1v) is 8.29. The van der Waals surface area contributed by atoms with Gasteiger partial charge in [-0.3, -0.25) is 4.90 Å². The Bertz CT molecular complexity index is 437. The first-order chi connectivity index (χ1) is 9.47. The molecule has 1 heterocycles. The van der Waals surface area contributed by atoms with Crippen LogP contribution >= 0.6 is 15.9 Å². The van der Waals surface area contributed by atoms with Crippen molar-refractivity contribution in [3.8, 4) is 0 Å². The highest BCUT2D eigenvalue weighted by atomic mass is 79.9. The van der Waals surface area contributed by atoms with E-state index >= 15 is 0 Å². The normalized spacial score (nSPS) is 18.6. The van der Waals surface area contributed by atoms with Gasteiger partial charge >= 0.3 is 0 Å². The second-order valence-electron chi connectivity index (χ2n) is 6.18. The van der Waals surface area contributed by atoms with Crippen molar-refractivity contribution < 1.29 is 0 Å². The average Bonchev–Trinajstić information content (AvgIpc) is 2.38. The van der Waals surface area contributed by atoms with Crippen LogP contribution < -0.4 is 10.6 Å². The van der Waals surface area contributed by atoms with E-state index in [9.17, 15) is 0 Å². The standard InChI is InChI=1S/C16H26BrN3/c1-12(2)11-19-6-8-20(9-7-19)14-4-5-15(13(3)18)16(17)10-14/h4-5,10,12-13H,6-9,11,18H2,1-3H3/t13-/m0/s1. The fourth-order valence-corrected chi connectivity index (χ4v) is 3.51. The lowest BCUT2D eigenvalue weighted by Gasteiger charge is -2.37. The van der Waals surface area contributed by atoms with Crippen LogP contribution in [0.2, 0.25) is 0 Å². The summed E-state index contributed by atoms with van der Waals surface area (Å²) < 4.78 is 1.12. The van der Waals surface area contributed by atoms with E-state index in [0.717, 1.165) is 36.6 Å². The second kappa shape index (κ2) is 6.92. The SMILES string of the molecule is CC(C)CN1CCN(c2ccc([C@H](C)N)c(Br)c2)CC1. The summed E-state index contributed by atoms with van der Waals surface area (Å²) in [5, 5.41) is 0. The van der Waals surface area contributed by atoms with Gasteiger partial charge in [-0.1, -0.05) is 35.8 Å². The molecule has 0 saturated carbocycles. The number of nitrogens with zero attached hydrogens (tertiary/aromatic N) is 2. The third-order valence-corrected chi connectivity index (χ3v) is 4.52. The number of hydrogen-bond donors (Lipinski definition) is 1. The summed E-state index contributed by atoms with van der Waals surface area (Å²) in [6.45, 7) is 12.3. The topological polar surface area (TPSA) is 32.5 Å². The van der Waals surface area contributed by atoms with E-state index in [1.54, 1.807) is 0 Å². The molecule has 2 rings (SSSR count). The lowest BCUT2D eigenvalue weighted by molar-refractivity contribution is 0.231. The van der Waals surface area contributed by atoms with Crippen molar-refractivity contribution in [1.82, 2.24) is 4.90 Å². The molecule has 4 heteroatoms. The van der Waals surface area contributed by atoms with Gasteiger partial charge in [-0.25, -0.2) is 0 Å². The number of nitrogens with two attached hydrogens (primary N) is 1. The third kappa shape index (κ3) is 3.96. The molecule has 1 aromatic carbocycles. The molecule has 1 fully saturated rings. The predicted molar refractivity (Wildman–Crippen MR) is 90.2 cm³/mol. The summed E-state index contributed by atoms with van der Waals surface area (Å²) in [5.74, 6) is 0.751. The number of benzene rings is 1. The Morgan fingerprint density at radius 2 is 1.80 bits per heavy atom. The van der Waals surface area contributed by atoms with Crippen molar-refractivity contribution in [1.29, 1.82) is 0 Å². The van der Waals surface area contributed by atoms with Crippen LogP contribution in [0, 0.1) is 5.92 Å². The van der Waals surface area contributed by atoms with Crippen molar-refractivity contribution in [2.24, 2.45) is 11.7 Å². The van der Waals surface area contributed by atoms with Gasteiger partial charge in [0.05, 0.1) is 0 Å². The molecule has 112 valence electrons. The van der Waals surface area contributed by atoms with E-state index < -0.39 is 0 Å². The zero-order chi connectivity index (χ0) is 14.7. The highest BCUT2D eigenvalue weighted by molar-refractivity contribution is 9.10. The zero-order valence-electron chi connectivity index (χ0n) is 12.8. The van der Waals surface area contributed by atoms with Gasteiger partial charge in [-0.05, 0) is 30.5 Å². The Balaban J connectivity index is 1.98. The van der Waals surface area contributed by atoms with E-state index in [1.165, 1.54) is 17.8 Å². The minimum atomic E-state index is 0.0707. The first-order valence-electron chi connectivity index (χ1n) is 7.49. The van der Waals surface area contributed by atoms with Gasteiger partial charge in [0.2, 0.25) is 0 Å². The number of halogens is 1. The van der Waals surface area contributed by atoms with Gasteiger partial charge in [0.15, 0.2) is 0 Å². The van der Waals surface area contributed by atoms with Gasteiger partial charge in [-0.15, -0.1) is 0 Å². The minimum absolute atomic E-state index is 0.0707. The van der Waals surface area contributed by atoms with Crippen LogP contribution in [0.3, 0.4) is 0 Å². The molecule has 1 atom stereocenters. The van der Waals surface area contributed by atoms with Crippen LogP contribution in [0.25, 0.3) is 0 Å². The molecule has 20 heavy (non-hydrogen) atoms. The van der Waals surface area contributed by atoms with E-state index in [2.05, 4.69) is 57.8 Å². The smallest absolute Gasteiger partial charge is 0.0378 e. The lowest BCUT2D eigenvalue weighted by atomic mass is 10.1. The molecule has 1 saturated heterocycles. The minimum Gasteiger partial charge on any atom is -0.369 e. The summed E-state index contributed by atoms with van der Waals surface area (Å²) in [7, 11) is 0. The van der Waals surface area contributed by atoms with E-state index in [0.29, 0.717) is 0 Å². The fourth-order valence-electron chi connectivity index (χ4n) is 2.79. The molecule has 1 aromatic rings. The van der Waals surface area contributed by atoms with Gasteiger partial charge in [0.1, 0.15) is 0 Å². The number of hydrogen-bond acceptors (Lipinski definition) is 3. The molecule has 0 aliphatic carbocycles. The average molecular weight is 340 g/mol. The Hall–Kier alpha value is -0.580. The molecular weight excluding hydrogens is 314 g/mol. The van der Waals surface area contributed by atoms with Crippen LogP contribution in [-0.2, 0) is 0 Å². The van der Waals surface area contributed by atoms with Crippen molar-refractivity contribution in [3.05, 3.63) is 28.2 Å². The Morgan fingerprint density at radius 1 is 1.15 bits per heavy atom. The van der Waals surface area contributed by atoms with Crippen LogP contribution in [0.5, 0.6) is 0 Å². The monoisotopic (exact) mass is 339 g/mol. The van der Waals surface area contributed by atoms with E-state index in [4.69, 9.17) is 5.73 Å². The maximum Gasteiger partial charge on any atom is 0.0378 e. The van der Waals surface area contributed by atoms with Gasteiger partial charge in [0.25, 0.3) is 0 Å². The van der Waals surface area contributed by atoms with Gasteiger partial charge in [-0.2, -0.15) is 0 Å². The molecule has 3 nitrogen and oxygen atoms in total. The van der Waals surface area contributed by atoms with Gasteiger partial charge in [0, 0.05) is 48.9 Å². The van der Waals surface area contributed by atoms with Crippen molar-refractivity contribution in [3.63, 3.8) is 0 Å². The van der Waals surface area contributed by atoms with Crippen molar-refractivity contribution >= 4 is 21.6 Å². The number of anilines is 1. The molecule has 0 radical (unpaired) electrons. The lowest BCUT2D eigenvalue weighted by Crippen LogP contribution is -2.47. The summed E-state index contributed by atoms with van der Waals surface area (Å²) in [6, 6.07) is 6.62. The molecule has 0 unspecified atom stereocenters. The molecule has 0 aromatic heterocycles. The molecule has 1 aliphatic heterocycles. The van der Waals surface area contributed by atoms with Gasteiger partial charge < -0.3 is 10.6 Å². The molecule has 1 aliphatic rings. The summed E-state index contributed by atoms with van der Waals surface area (Å²) >= 11 is 3.64. The van der Waals surface area contributed by atoms with Crippen LogP contribution in [-0.4, -0.2) is 37.6 Å². The quantitative estimate of drug-likeness (QED) is 0.913. The summed E-state index contributed by atoms with van der Waals surface area (Å²) in [4.78, 5) is 5.03. The first kappa shape index (κ1) is 15.8. The molecular formula is C16H26BrN3. The van der Waals surface area contributed by atoms with Crippen molar-refractivity contribution in [2.75, 3.05) is 37.6 Å². The van der Waals surface area contributed by atoms with Crippen molar-refractivity contribution in [2.45, 2.75) is 26.8 Å². The van der Waals surface area contributed by atoms with E-state index in [-0.39, 0.29) is 6.04 Å².